The molecule has 136 valence electrons. The Hall–Kier alpha value is -3.06. The minimum atomic E-state index is -1.45. The number of aromatic amines is 1. The van der Waals surface area contributed by atoms with Crippen molar-refractivity contribution in [1.29, 1.82) is 0 Å². The number of pyridine rings is 1. The number of H-pyrrole nitrogens is 1. The van der Waals surface area contributed by atoms with Crippen molar-refractivity contribution in [3.63, 3.8) is 0 Å². The van der Waals surface area contributed by atoms with Gasteiger partial charge in [-0.3, -0.25) is 4.79 Å². The topological polar surface area (TPSA) is 107 Å². The van der Waals surface area contributed by atoms with Crippen molar-refractivity contribution in [3.05, 3.63) is 51.4 Å². The van der Waals surface area contributed by atoms with Crippen LogP contribution in [-0.4, -0.2) is 32.3 Å². The average molecular weight is 355 g/mol. The van der Waals surface area contributed by atoms with Crippen LogP contribution in [0.3, 0.4) is 0 Å². The number of aromatic nitrogens is 2. The van der Waals surface area contributed by atoms with E-state index in [-0.39, 0.29) is 0 Å². The molecule has 0 aliphatic heterocycles. The number of hydrogen-bond donors (Lipinski definition) is 4. The Bertz CT molecular complexity index is 1060. The van der Waals surface area contributed by atoms with Crippen LogP contribution < -0.4 is 10.9 Å². The van der Waals surface area contributed by atoms with Gasteiger partial charge in [0.1, 0.15) is 5.75 Å². The van der Waals surface area contributed by atoms with Crippen molar-refractivity contribution in [2.24, 2.45) is 7.05 Å². The zero-order chi connectivity index (χ0) is 19.0. The number of nitrogens with one attached hydrogen (secondary N) is 2. The SMILES string of the molecule is CCNCc1cc2cc(-c3[nH]c(=O)c(C(=O)O)c(O)c3C)ccc2n1C. The largest absolute Gasteiger partial charge is 0.506 e. The highest BCUT2D eigenvalue weighted by molar-refractivity contribution is 5.92. The Morgan fingerprint density at radius 3 is 2.69 bits per heavy atom. The van der Waals surface area contributed by atoms with Crippen molar-refractivity contribution in [2.45, 2.75) is 20.4 Å². The Kier molecular flexibility index (Phi) is 4.56. The number of fused-ring (bicyclic) bond motifs is 1. The summed E-state index contributed by atoms with van der Waals surface area (Å²) in [5.74, 6) is -1.96. The second-order valence-electron chi connectivity index (χ2n) is 6.23. The molecule has 0 saturated heterocycles. The molecular formula is C19H21N3O4. The standard InChI is InChI=1S/C19H21N3O4/c1-4-20-9-13-8-12-7-11(5-6-14(12)22(13)3)16-10(2)17(23)15(19(25)26)18(24)21-16/h5-8,20H,4,9H2,1-3H3,(H,25,26)(H2,21,23,24). The highest BCUT2D eigenvalue weighted by Gasteiger charge is 2.20. The van der Waals surface area contributed by atoms with Gasteiger partial charge in [-0.1, -0.05) is 13.0 Å². The molecular weight excluding hydrogens is 334 g/mol. The molecule has 3 aromatic rings. The van der Waals surface area contributed by atoms with Crippen LogP contribution in [-0.2, 0) is 13.6 Å². The molecule has 0 amide bonds. The molecule has 0 spiro atoms. The molecule has 0 aliphatic carbocycles. The molecule has 0 unspecified atom stereocenters. The van der Waals surface area contributed by atoms with Crippen LogP contribution in [0.4, 0.5) is 0 Å². The molecule has 0 aliphatic rings. The molecule has 0 atom stereocenters. The van der Waals surface area contributed by atoms with Crippen molar-refractivity contribution >= 4 is 16.9 Å². The molecule has 0 radical (unpaired) electrons. The molecule has 26 heavy (non-hydrogen) atoms. The van der Waals surface area contributed by atoms with Gasteiger partial charge in [-0.2, -0.15) is 0 Å². The molecule has 0 saturated carbocycles. The van der Waals surface area contributed by atoms with Gasteiger partial charge in [0.2, 0.25) is 0 Å². The molecule has 3 rings (SSSR count). The lowest BCUT2D eigenvalue weighted by Crippen LogP contribution is -2.19. The normalized spacial score (nSPS) is 11.2. The summed E-state index contributed by atoms with van der Waals surface area (Å²) in [5.41, 5.74) is 2.17. The Labute approximate surface area is 149 Å². The van der Waals surface area contributed by atoms with Crippen molar-refractivity contribution in [2.75, 3.05) is 6.54 Å². The monoisotopic (exact) mass is 355 g/mol. The summed E-state index contributed by atoms with van der Waals surface area (Å²) in [7, 11) is 2.00. The lowest BCUT2D eigenvalue weighted by atomic mass is 10.0. The lowest BCUT2D eigenvalue weighted by molar-refractivity contribution is 0.0691. The van der Waals surface area contributed by atoms with E-state index < -0.39 is 22.8 Å². The third kappa shape index (κ3) is 2.86. The number of aryl methyl sites for hydroxylation is 1. The quantitative estimate of drug-likeness (QED) is 0.562. The molecule has 2 heterocycles. The third-order valence-corrected chi connectivity index (χ3v) is 4.63. The van der Waals surface area contributed by atoms with Crippen LogP contribution in [0.5, 0.6) is 5.75 Å². The van der Waals surface area contributed by atoms with E-state index in [1.54, 1.807) is 6.92 Å². The van der Waals surface area contributed by atoms with Gasteiger partial charge in [0, 0.05) is 35.8 Å². The predicted octanol–water partition coefficient (Wildman–Crippen LogP) is 2.36. The number of aromatic carboxylic acids is 1. The van der Waals surface area contributed by atoms with Gasteiger partial charge in [-0.15, -0.1) is 0 Å². The van der Waals surface area contributed by atoms with Crippen LogP contribution in [0.1, 0.15) is 28.5 Å². The van der Waals surface area contributed by atoms with E-state index in [0.29, 0.717) is 16.8 Å². The summed E-state index contributed by atoms with van der Waals surface area (Å²) in [6.45, 7) is 5.26. The second-order valence-corrected chi connectivity index (χ2v) is 6.23. The van der Waals surface area contributed by atoms with Gasteiger partial charge in [0.05, 0.1) is 5.69 Å². The average Bonchev–Trinajstić information content (AvgIpc) is 2.91. The number of carboxylic acid groups (broad SMARTS) is 1. The second kappa shape index (κ2) is 6.68. The molecule has 1 aromatic carbocycles. The minimum Gasteiger partial charge on any atom is -0.506 e. The highest BCUT2D eigenvalue weighted by Crippen LogP contribution is 2.31. The molecule has 4 N–H and O–H groups in total. The van der Waals surface area contributed by atoms with E-state index in [1.807, 2.05) is 32.2 Å². The fourth-order valence-corrected chi connectivity index (χ4v) is 3.16. The van der Waals surface area contributed by atoms with Crippen molar-refractivity contribution < 1.29 is 15.0 Å². The number of hydrogen-bond acceptors (Lipinski definition) is 4. The van der Waals surface area contributed by atoms with Gasteiger partial charge in [0.15, 0.2) is 5.56 Å². The first kappa shape index (κ1) is 17.8. The van der Waals surface area contributed by atoms with Gasteiger partial charge >= 0.3 is 5.97 Å². The van der Waals surface area contributed by atoms with Gasteiger partial charge in [0.25, 0.3) is 5.56 Å². The van der Waals surface area contributed by atoms with Crippen LogP contribution in [0.25, 0.3) is 22.2 Å². The number of carbonyl (C=O) groups is 1. The van der Waals surface area contributed by atoms with Gasteiger partial charge < -0.3 is 25.1 Å². The summed E-state index contributed by atoms with van der Waals surface area (Å²) < 4.78 is 2.10. The maximum absolute atomic E-state index is 12.1. The summed E-state index contributed by atoms with van der Waals surface area (Å²) in [6, 6.07) is 7.78. The van der Waals surface area contributed by atoms with Crippen LogP contribution in [0.15, 0.2) is 29.1 Å². The number of rotatable bonds is 5. The van der Waals surface area contributed by atoms with E-state index in [4.69, 9.17) is 5.11 Å². The van der Waals surface area contributed by atoms with Gasteiger partial charge in [-0.25, -0.2) is 4.79 Å². The van der Waals surface area contributed by atoms with Crippen LogP contribution >= 0.6 is 0 Å². The van der Waals surface area contributed by atoms with Gasteiger partial charge in [-0.05, 0) is 37.2 Å². The Morgan fingerprint density at radius 1 is 1.31 bits per heavy atom. The first-order valence-electron chi connectivity index (χ1n) is 8.33. The molecule has 7 heteroatoms. The smallest absolute Gasteiger partial charge is 0.345 e. The number of benzene rings is 1. The highest BCUT2D eigenvalue weighted by atomic mass is 16.4. The fourth-order valence-electron chi connectivity index (χ4n) is 3.16. The zero-order valence-corrected chi connectivity index (χ0v) is 14.9. The summed E-state index contributed by atoms with van der Waals surface area (Å²) >= 11 is 0. The van der Waals surface area contributed by atoms with E-state index >= 15 is 0 Å². The molecule has 7 nitrogen and oxygen atoms in total. The van der Waals surface area contributed by atoms with E-state index in [9.17, 15) is 14.7 Å². The maximum atomic E-state index is 12.1. The third-order valence-electron chi connectivity index (χ3n) is 4.63. The summed E-state index contributed by atoms with van der Waals surface area (Å²) in [6.07, 6.45) is 0. The lowest BCUT2D eigenvalue weighted by Gasteiger charge is -2.10. The minimum absolute atomic E-state index is 0.324. The predicted molar refractivity (Wildman–Crippen MR) is 99.7 cm³/mol. The maximum Gasteiger partial charge on any atom is 0.345 e. The summed E-state index contributed by atoms with van der Waals surface area (Å²) in [4.78, 5) is 25.8. The van der Waals surface area contributed by atoms with Crippen molar-refractivity contribution in [1.82, 2.24) is 14.9 Å². The summed E-state index contributed by atoms with van der Waals surface area (Å²) in [5, 5.41) is 23.5. The van der Waals surface area contributed by atoms with E-state index in [0.717, 1.165) is 29.7 Å². The molecule has 0 bridgehead atoms. The number of nitrogens with zero attached hydrogens (tertiary/aromatic N) is 1. The van der Waals surface area contributed by atoms with Crippen LogP contribution in [0.2, 0.25) is 0 Å². The number of aromatic hydroxyl groups is 1. The van der Waals surface area contributed by atoms with E-state index in [2.05, 4.69) is 20.9 Å². The first-order valence-corrected chi connectivity index (χ1v) is 8.33. The Morgan fingerprint density at radius 2 is 2.04 bits per heavy atom. The Balaban J connectivity index is 2.14. The fraction of sp³-hybridized carbons (Fsp3) is 0.263. The van der Waals surface area contributed by atoms with Crippen molar-refractivity contribution in [3.8, 4) is 17.0 Å². The zero-order valence-electron chi connectivity index (χ0n) is 14.9. The molecule has 2 aromatic heterocycles. The first-order chi connectivity index (χ1) is 12.3. The molecule has 0 fully saturated rings. The van der Waals surface area contributed by atoms with Crippen LogP contribution in [0, 0.1) is 6.92 Å². The van der Waals surface area contributed by atoms with E-state index in [1.165, 1.54) is 0 Å². The number of carboxylic acids is 1.